The van der Waals surface area contributed by atoms with Crippen LogP contribution < -0.4 is 9.64 Å². The van der Waals surface area contributed by atoms with Crippen LogP contribution in [-0.2, 0) is 17.6 Å². The van der Waals surface area contributed by atoms with Crippen molar-refractivity contribution in [3.8, 4) is 17.3 Å². The van der Waals surface area contributed by atoms with Crippen LogP contribution in [-0.4, -0.2) is 64.5 Å². The fraction of sp³-hybridized carbons (Fsp3) is 0.500. The molecule has 7 nitrogen and oxygen atoms in total. The van der Waals surface area contributed by atoms with Gasteiger partial charge in [-0.05, 0) is 88.2 Å². The van der Waals surface area contributed by atoms with Crippen molar-refractivity contribution in [1.82, 2.24) is 19.9 Å². The smallest absolute Gasteiger partial charge is 0.320 e. The molecule has 7 rings (SSSR count). The van der Waals surface area contributed by atoms with E-state index < -0.39 is 0 Å². The highest BCUT2D eigenvalue weighted by atomic mass is 19.1. The number of pyridine rings is 1. The number of halogens is 1. The fourth-order valence-corrected chi connectivity index (χ4v) is 7.49. The number of hydrogen-bond donors (Lipinski definition) is 0. The molecule has 0 amide bonds. The van der Waals surface area contributed by atoms with Crippen molar-refractivity contribution in [3.63, 3.8) is 0 Å². The van der Waals surface area contributed by atoms with Gasteiger partial charge in [0.25, 0.3) is 0 Å². The summed E-state index contributed by atoms with van der Waals surface area (Å²) in [5, 5.41) is 0.591. The SMILES string of the molecule is C=CC(=O)[C@H]1CC[C@@H]2[C@H]1CN2c1nc(OC[C@@H]2CCCN2C)nc2nc(-c3cccc4c3CCCC4)c(F)cc12. The first-order chi connectivity index (χ1) is 19.5. The molecule has 0 bridgehead atoms. The lowest BCUT2D eigenvalue weighted by molar-refractivity contribution is -0.119. The second-order valence-corrected chi connectivity index (χ2v) is 11.9. The summed E-state index contributed by atoms with van der Waals surface area (Å²) in [6, 6.07) is 8.47. The summed E-state index contributed by atoms with van der Waals surface area (Å²) < 4.78 is 22.1. The van der Waals surface area contributed by atoms with E-state index in [1.54, 1.807) is 6.07 Å². The van der Waals surface area contributed by atoms with E-state index in [4.69, 9.17) is 19.7 Å². The van der Waals surface area contributed by atoms with Gasteiger partial charge in [-0.3, -0.25) is 4.79 Å². The highest BCUT2D eigenvalue weighted by molar-refractivity contribution is 5.93. The lowest BCUT2D eigenvalue weighted by atomic mass is 9.83. The number of likely N-dealkylation sites (N-methyl/N-ethyl adjacent to an activating group) is 1. The molecule has 4 aliphatic rings. The molecule has 0 unspecified atom stereocenters. The van der Waals surface area contributed by atoms with Crippen LogP contribution in [0.25, 0.3) is 22.3 Å². The number of ether oxygens (including phenoxy) is 1. The van der Waals surface area contributed by atoms with Crippen molar-refractivity contribution in [2.24, 2.45) is 11.8 Å². The maximum atomic E-state index is 15.9. The molecule has 1 saturated carbocycles. The van der Waals surface area contributed by atoms with Gasteiger partial charge in [0.1, 0.15) is 23.9 Å². The van der Waals surface area contributed by atoms with E-state index >= 15 is 4.39 Å². The van der Waals surface area contributed by atoms with Crippen molar-refractivity contribution >= 4 is 22.6 Å². The first-order valence-corrected chi connectivity index (χ1v) is 14.8. The minimum absolute atomic E-state index is 0.00574. The predicted molar refractivity (Wildman–Crippen MR) is 153 cm³/mol. The van der Waals surface area contributed by atoms with Gasteiger partial charge in [-0.15, -0.1) is 0 Å². The average molecular weight is 542 g/mol. The first-order valence-electron chi connectivity index (χ1n) is 14.8. The summed E-state index contributed by atoms with van der Waals surface area (Å²) in [6.07, 6.45) is 9.64. The number of anilines is 1. The zero-order valence-electron chi connectivity index (χ0n) is 23.1. The van der Waals surface area contributed by atoms with Crippen LogP contribution in [0.5, 0.6) is 6.01 Å². The van der Waals surface area contributed by atoms with Gasteiger partial charge >= 0.3 is 6.01 Å². The topological polar surface area (TPSA) is 71.5 Å². The van der Waals surface area contributed by atoms with Crippen LogP contribution in [0.15, 0.2) is 36.9 Å². The minimum Gasteiger partial charge on any atom is -0.462 e. The Balaban J connectivity index is 1.29. The number of carbonyl (C=O) groups excluding carboxylic acids is 1. The van der Waals surface area contributed by atoms with Crippen molar-refractivity contribution in [3.05, 3.63) is 53.9 Å². The Bertz CT molecular complexity index is 1490. The summed E-state index contributed by atoms with van der Waals surface area (Å²) in [6.45, 7) is 5.95. The molecule has 3 fully saturated rings. The number of fused-ring (bicyclic) bond motifs is 3. The Morgan fingerprint density at radius 3 is 2.85 bits per heavy atom. The lowest BCUT2D eigenvalue weighted by Crippen LogP contribution is -2.56. The average Bonchev–Trinajstić information content (AvgIpc) is 3.53. The second-order valence-electron chi connectivity index (χ2n) is 11.9. The molecule has 4 atom stereocenters. The predicted octanol–water partition coefficient (Wildman–Crippen LogP) is 5.15. The number of rotatable bonds is 7. The number of likely N-dealkylation sites (tertiary alicyclic amines) is 1. The summed E-state index contributed by atoms with van der Waals surface area (Å²) in [5.41, 5.74) is 4.14. The number of carbonyl (C=O) groups is 1. The lowest BCUT2D eigenvalue weighted by Gasteiger charge is -2.47. The summed E-state index contributed by atoms with van der Waals surface area (Å²) in [7, 11) is 2.12. The number of aryl methyl sites for hydroxylation is 1. The van der Waals surface area contributed by atoms with Crippen LogP contribution in [0.1, 0.15) is 49.7 Å². The molecule has 0 N–H and O–H groups in total. The molecular weight excluding hydrogens is 505 g/mol. The number of aromatic nitrogens is 3. The van der Waals surface area contributed by atoms with Gasteiger partial charge in [-0.25, -0.2) is 9.37 Å². The van der Waals surface area contributed by atoms with E-state index in [9.17, 15) is 4.79 Å². The fourth-order valence-electron chi connectivity index (χ4n) is 7.49. The van der Waals surface area contributed by atoms with Gasteiger partial charge < -0.3 is 14.5 Å². The maximum absolute atomic E-state index is 15.9. The minimum atomic E-state index is -0.360. The van der Waals surface area contributed by atoms with Crippen molar-refractivity contribution in [1.29, 1.82) is 0 Å². The first kappa shape index (κ1) is 25.6. The molecule has 2 aliphatic carbocycles. The molecule has 0 spiro atoms. The Labute approximate surface area is 234 Å². The van der Waals surface area contributed by atoms with E-state index in [-0.39, 0.29) is 35.5 Å². The molecule has 2 aromatic heterocycles. The van der Waals surface area contributed by atoms with E-state index in [2.05, 4.69) is 29.5 Å². The molecule has 4 heterocycles. The van der Waals surface area contributed by atoms with Gasteiger partial charge in [-0.1, -0.05) is 24.8 Å². The molecular formula is C32H36FN5O2. The zero-order chi connectivity index (χ0) is 27.4. The van der Waals surface area contributed by atoms with E-state index in [0.717, 1.165) is 63.5 Å². The molecule has 8 heteroatoms. The molecule has 208 valence electrons. The largest absolute Gasteiger partial charge is 0.462 e. The van der Waals surface area contributed by atoms with Crippen LogP contribution in [0, 0.1) is 17.7 Å². The number of hydrogen-bond acceptors (Lipinski definition) is 7. The van der Waals surface area contributed by atoms with Gasteiger partial charge in [0.05, 0.1) is 5.39 Å². The highest BCUT2D eigenvalue weighted by Gasteiger charge is 2.50. The highest BCUT2D eigenvalue weighted by Crippen LogP contribution is 2.47. The normalized spacial score (nSPS) is 25.9. The quantitative estimate of drug-likeness (QED) is 0.383. The molecule has 3 aromatic rings. The van der Waals surface area contributed by atoms with Crippen LogP contribution in [0.3, 0.4) is 0 Å². The molecule has 1 aromatic carbocycles. The summed E-state index contributed by atoms with van der Waals surface area (Å²) >= 11 is 0. The molecule has 40 heavy (non-hydrogen) atoms. The standard InChI is InChI=1S/C32H36FN5O2/c1-3-28(39)22-13-14-27-25(22)17-38(27)31-24-16-26(33)29(23-12-6-9-19-8-4-5-11-21(19)23)34-30(24)35-32(36-31)40-18-20-10-7-15-37(20)2/h3,6,9,12,16,20,22,25,27H,1,4-5,7-8,10-11,13-15,17-18H2,2H3/t20-,22-,25-,27+/m0/s1. The van der Waals surface area contributed by atoms with E-state index in [1.807, 2.05) is 12.1 Å². The van der Waals surface area contributed by atoms with Crippen molar-refractivity contribution in [2.75, 3.05) is 31.6 Å². The summed E-state index contributed by atoms with van der Waals surface area (Å²) in [5.74, 6) is 0.681. The van der Waals surface area contributed by atoms with E-state index in [1.165, 1.54) is 17.2 Å². The molecule has 2 aliphatic heterocycles. The number of nitrogens with zero attached hydrogens (tertiary/aromatic N) is 5. The third-order valence-electron chi connectivity index (χ3n) is 9.76. The zero-order valence-corrected chi connectivity index (χ0v) is 23.1. The van der Waals surface area contributed by atoms with Gasteiger partial charge in [0.2, 0.25) is 0 Å². The van der Waals surface area contributed by atoms with E-state index in [0.29, 0.717) is 41.7 Å². The Kier molecular flexibility index (Phi) is 6.53. The number of ketones is 1. The Hall–Kier alpha value is -3.39. The van der Waals surface area contributed by atoms with Crippen molar-refractivity contribution < 1.29 is 13.9 Å². The van der Waals surface area contributed by atoms with Gasteiger partial charge in [-0.2, -0.15) is 9.97 Å². The monoisotopic (exact) mass is 541 g/mol. The third kappa shape index (κ3) is 4.28. The Morgan fingerprint density at radius 1 is 1.15 bits per heavy atom. The van der Waals surface area contributed by atoms with Crippen LogP contribution in [0.4, 0.5) is 10.2 Å². The number of benzene rings is 1. The second kappa shape index (κ2) is 10.2. The van der Waals surface area contributed by atoms with Gasteiger partial charge in [0, 0.05) is 36.0 Å². The molecule has 2 saturated heterocycles. The third-order valence-corrected chi connectivity index (χ3v) is 9.76. The number of allylic oxidation sites excluding steroid dienone is 1. The summed E-state index contributed by atoms with van der Waals surface area (Å²) in [4.78, 5) is 31.3. The Morgan fingerprint density at radius 2 is 2.02 bits per heavy atom. The molecule has 0 radical (unpaired) electrons. The maximum Gasteiger partial charge on any atom is 0.320 e. The van der Waals surface area contributed by atoms with Crippen molar-refractivity contribution in [2.45, 2.75) is 63.5 Å². The van der Waals surface area contributed by atoms with Gasteiger partial charge in [0.15, 0.2) is 11.4 Å². The van der Waals surface area contributed by atoms with Crippen LogP contribution in [0.2, 0.25) is 0 Å². The van der Waals surface area contributed by atoms with Crippen LogP contribution >= 0.6 is 0 Å².